The van der Waals surface area contributed by atoms with Crippen LogP contribution in [0, 0.1) is 5.92 Å². The van der Waals surface area contributed by atoms with E-state index >= 15 is 0 Å². The summed E-state index contributed by atoms with van der Waals surface area (Å²) in [5, 5.41) is 13.6. The average Bonchev–Trinajstić information content (AvgIpc) is 3.04. The highest BCUT2D eigenvalue weighted by Crippen LogP contribution is 2.14. The molecule has 0 radical (unpaired) electrons. The van der Waals surface area contributed by atoms with Crippen molar-refractivity contribution in [2.24, 2.45) is 5.92 Å². The highest BCUT2D eigenvalue weighted by Gasteiger charge is 2.20. The number of aromatic nitrogens is 3. The molecule has 120 valence electrons. The van der Waals surface area contributed by atoms with Crippen LogP contribution in [0.1, 0.15) is 25.1 Å². The summed E-state index contributed by atoms with van der Waals surface area (Å²) < 4.78 is 1.85. The molecule has 1 unspecified atom stereocenters. The van der Waals surface area contributed by atoms with Crippen LogP contribution in [-0.2, 0) is 16.1 Å². The van der Waals surface area contributed by atoms with Crippen LogP contribution in [0.3, 0.4) is 0 Å². The van der Waals surface area contributed by atoms with E-state index in [2.05, 4.69) is 20.8 Å². The van der Waals surface area contributed by atoms with E-state index in [4.69, 9.17) is 0 Å². The van der Waals surface area contributed by atoms with Crippen LogP contribution in [0.25, 0.3) is 5.69 Å². The largest absolute Gasteiger partial charge is 0.356 e. The summed E-state index contributed by atoms with van der Waals surface area (Å²) in [6.45, 7) is 0.902. The van der Waals surface area contributed by atoms with Gasteiger partial charge in [-0.15, -0.1) is 10.2 Å². The van der Waals surface area contributed by atoms with Crippen LogP contribution in [-0.4, -0.2) is 33.1 Å². The van der Waals surface area contributed by atoms with E-state index in [-0.39, 0.29) is 17.7 Å². The zero-order valence-electron chi connectivity index (χ0n) is 12.7. The molecule has 0 aliphatic carbocycles. The molecule has 1 aromatic carbocycles. The van der Waals surface area contributed by atoms with Gasteiger partial charge in [0.25, 0.3) is 0 Å². The molecule has 0 saturated carbocycles. The van der Waals surface area contributed by atoms with Gasteiger partial charge in [0.2, 0.25) is 11.8 Å². The van der Waals surface area contributed by atoms with Crippen molar-refractivity contribution in [1.82, 2.24) is 25.4 Å². The van der Waals surface area contributed by atoms with Gasteiger partial charge in [0.05, 0.1) is 6.54 Å². The maximum atomic E-state index is 12.1. The molecule has 2 amide bonds. The Bertz CT molecular complexity index is 673. The number of hydrogen-bond acceptors (Lipinski definition) is 4. The Balaban J connectivity index is 1.54. The number of nitrogens with one attached hydrogen (secondary N) is 2. The maximum absolute atomic E-state index is 12.1. The minimum absolute atomic E-state index is 0.0336. The smallest absolute Gasteiger partial charge is 0.220 e. The SMILES string of the molecule is O=C1CCC(CC(=O)NCc2nncn2-c2ccccc2)CN1. The predicted molar refractivity (Wildman–Crippen MR) is 83.6 cm³/mol. The molecular weight excluding hydrogens is 294 g/mol. The number of carbonyl (C=O) groups is 2. The summed E-state index contributed by atoms with van der Waals surface area (Å²) in [5.41, 5.74) is 0.955. The normalized spacial score (nSPS) is 17.6. The third-order valence-electron chi connectivity index (χ3n) is 3.94. The Morgan fingerprint density at radius 2 is 2.17 bits per heavy atom. The average molecular weight is 313 g/mol. The topological polar surface area (TPSA) is 88.9 Å². The lowest BCUT2D eigenvalue weighted by Crippen LogP contribution is -2.37. The van der Waals surface area contributed by atoms with E-state index in [1.807, 2.05) is 34.9 Å². The van der Waals surface area contributed by atoms with E-state index < -0.39 is 0 Å². The van der Waals surface area contributed by atoms with E-state index in [1.165, 1.54) is 0 Å². The number of carbonyl (C=O) groups excluding carboxylic acids is 2. The molecule has 7 heteroatoms. The molecule has 3 rings (SSSR count). The van der Waals surface area contributed by atoms with E-state index in [0.29, 0.717) is 31.8 Å². The van der Waals surface area contributed by atoms with Crippen LogP contribution in [0.15, 0.2) is 36.7 Å². The van der Waals surface area contributed by atoms with Gasteiger partial charge in [0.1, 0.15) is 6.33 Å². The molecule has 2 heterocycles. The number of benzene rings is 1. The summed E-state index contributed by atoms with van der Waals surface area (Å²) in [5.74, 6) is 0.924. The van der Waals surface area contributed by atoms with E-state index in [0.717, 1.165) is 12.1 Å². The zero-order chi connectivity index (χ0) is 16.1. The molecule has 1 saturated heterocycles. The van der Waals surface area contributed by atoms with Gasteiger partial charge in [-0.2, -0.15) is 0 Å². The second-order valence-corrected chi connectivity index (χ2v) is 5.64. The lowest BCUT2D eigenvalue weighted by Gasteiger charge is -2.21. The molecule has 1 atom stereocenters. The monoisotopic (exact) mass is 313 g/mol. The molecule has 1 aliphatic heterocycles. The minimum Gasteiger partial charge on any atom is -0.356 e. The molecule has 2 N–H and O–H groups in total. The van der Waals surface area contributed by atoms with Gasteiger partial charge in [-0.25, -0.2) is 0 Å². The number of rotatable bonds is 5. The van der Waals surface area contributed by atoms with Crippen LogP contribution < -0.4 is 10.6 Å². The first-order valence-electron chi connectivity index (χ1n) is 7.70. The molecule has 23 heavy (non-hydrogen) atoms. The number of nitrogens with zero attached hydrogens (tertiary/aromatic N) is 3. The lowest BCUT2D eigenvalue weighted by atomic mass is 9.95. The van der Waals surface area contributed by atoms with Crippen molar-refractivity contribution in [3.63, 3.8) is 0 Å². The Morgan fingerprint density at radius 3 is 2.91 bits per heavy atom. The fourth-order valence-electron chi connectivity index (χ4n) is 2.65. The molecule has 1 aliphatic rings. The van der Waals surface area contributed by atoms with Crippen LogP contribution >= 0.6 is 0 Å². The minimum atomic E-state index is -0.0336. The quantitative estimate of drug-likeness (QED) is 0.854. The van der Waals surface area contributed by atoms with Crippen molar-refractivity contribution in [1.29, 1.82) is 0 Å². The fraction of sp³-hybridized carbons (Fsp3) is 0.375. The van der Waals surface area contributed by atoms with Crippen molar-refractivity contribution >= 4 is 11.8 Å². The summed E-state index contributed by atoms with van der Waals surface area (Å²) in [6, 6.07) is 9.74. The van der Waals surface area contributed by atoms with Crippen molar-refractivity contribution in [2.45, 2.75) is 25.8 Å². The maximum Gasteiger partial charge on any atom is 0.220 e. The Labute approximate surface area is 134 Å². The number of amides is 2. The van der Waals surface area contributed by atoms with Crippen molar-refractivity contribution in [3.05, 3.63) is 42.5 Å². The van der Waals surface area contributed by atoms with Crippen LogP contribution in [0.4, 0.5) is 0 Å². The molecule has 0 spiro atoms. The Hall–Kier alpha value is -2.70. The van der Waals surface area contributed by atoms with Gasteiger partial charge in [-0.05, 0) is 24.5 Å². The van der Waals surface area contributed by atoms with E-state index in [9.17, 15) is 9.59 Å². The molecule has 7 nitrogen and oxygen atoms in total. The van der Waals surface area contributed by atoms with Crippen LogP contribution in [0.2, 0.25) is 0 Å². The molecule has 2 aromatic rings. The number of piperidine rings is 1. The first kappa shape index (κ1) is 15.2. The zero-order valence-corrected chi connectivity index (χ0v) is 12.7. The third kappa shape index (κ3) is 3.94. The van der Waals surface area contributed by atoms with Gasteiger partial charge in [0.15, 0.2) is 5.82 Å². The number of para-hydroxylation sites is 1. The Kier molecular flexibility index (Phi) is 4.65. The predicted octanol–water partition coefficient (Wildman–Crippen LogP) is 0.800. The highest BCUT2D eigenvalue weighted by atomic mass is 16.2. The highest BCUT2D eigenvalue weighted by molar-refractivity contribution is 5.78. The summed E-state index contributed by atoms with van der Waals surface area (Å²) in [6.07, 6.45) is 3.31. The fourth-order valence-corrected chi connectivity index (χ4v) is 2.65. The van der Waals surface area contributed by atoms with Gasteiger partial charge in [-0.1, -0.05) is 18.2 Å². The number of hydrogen-bond donors (Lipinski definition) is 2. The van der Waals surface area contributed by atoms with Crippen molar-refractivity contribution in [3.8, 4) is 5.69 Å². The van der Waals surface area contributed by atoms with Gasteiger partial charge in [-0.3, -0.25) is 14.2 Å². The second-order valence-electron chi connectivity index (χ2n) is 5.64. The Morgan fingerprint density at radius 1 is 1.35 bits per heavy atom. The first-order valence-corrected chi connectivity index (χ1v) is 7.70. The summed E-state index contributed by atoms with van der Waals surface area (Å²) in [4.78, 5) is 23.2. The van der Waals surface area contributed by atoms with Gasteiger partial charge >= 0.3 is 0 Å². The molecule has 1 fully saturated rings. The second kappa shape index (κ2) is 7.04. The molecule has 1 aromatic heterocycles. The van der Waals surface area contributed by atoms with Crippen LogP contribution in [0.5, 0.6) is 0 Å². The lowest BCUT2D eigenvalue weighted by molar-refractivity contribution is -0.126. The molecule has 0 bridgehead atoms. The van der Waals surface area contributed by atoms with Gasteiger partial charge < -0.3 is 10.6 Å². The van der Waals surface area contributed by atoms with Crippen molar-refractivity contribution in [2.75, 3.05) is 6.54 Å². The first-order chi connectivity index (χ1) is 11.2. The summed E-state index contributed by atoms with van der Waals surface area (Å²) in [7, 11) is 0. The summed E-state index contributed by atoms with van der Waals surface area (Å²) >= 11 is 0. The van der Waals surface area contributed by atoms with Crippen molar-refractivity contribution < 1.29 is 9.59 Å². The molecular formula is C16H19N5O2. The van der Waals surface area contributed by atoms with Gasteiger partial charge in [0, 0.05) is 25.1 Å². The van der Waals surface area contributed by atoms with E-state index in [1.54, 1.807) is 6.33 Å². The third-order valence-corrected chi connectivity index (χ3v) is 3.94. The standard InChI is InChI=1S/C16H19N5O2/c22-15-7-6-12(9-17-15)8-16(23)18-10-14-20-19-11-21(14)13-4-2-1-3-5-13/h1-5,11-12H,6-10H2,(H,17,22)(H,18,23).